The van der Waals surface area contributed by atoms with Crippen LogP contribution in [0.3, 0.4) is 0 Å². The number of benzene rings is 1. The summed E-state index contributed by atoms with van der Waals surface area (Å²) >= 11 is 0. The molecule has 5 aromatic rings. The molecule has 0 radical (unpaired) electrons. The fraction of sp³-hybridized carbons (Fsp3) is 0.276. The maximum Gasteiger partial charge on any atom is 0.415 e. The van der Waals surface area contributed by atoms with E-state index in [0.717, 1.165) is 6.07 Å². The fourth-order valence-corrected chi connectivity index (χ4v) is 5.22. The van der Waals surface area contributed by atoms with Gasteiger partial charge in [0.05, 0.1) is 17.5 Å². The van der Waals surface area contributed by atoms with E-state index in [1.54, 1.807) is 40.9 Å². The fourth-order valence-electron chi connectivity index (χ4n) is 5.22. The van der Waals surface area contributed by atoms with Gasteiger partial charge in [0.2, 0.25) is 5.95 Å². The predicted molar refractivity (Wildman–Crippen MR) is 153 cm³/mol. The number of imidazole rings is 1. The lowest BCUT2D eigenvalue weighted by atomic mass is 10.0. The van der Waals surface area contributed by atoms with Crippen molar-refractivity contribution in [3.8, 4) is 22.5 Å². The van der Waals surface area contributed by atoms with Crippen LogP contribution in [-0.4, -0.2) is 90.3 Å². The minimum absolute atomic E-state index is 0.0603. The lowest BCUT2D eigenvalue weighted by Crippen LogP contribution is -2.51. The van der Waals surface area contributed by atoms with Crippen molar-refractivity contribution >= 4 is 23.2 Å². The molecule has 234 valence electrons. The highest BCUT2D eigenvalue weighted by Gasteiger charge is 2.39. The summed E-state index contributed by atoms with van der Waals surface area (Å²) in [4.78, 5) is 24.0. The second-order valence-corrected chi connectivity index (χ2v) is 10.5. The predicted octanol–water partition coefficient (Wildman–Crippen LogP) is 3.77. The van der Waals surface area contributed by atoms with Gasteiger partial charge >= 0.3 is 6.18 Å². The standard InChI is InChI=1S/C29H26F5N9O2/c1-40-28(42-12-10-41(11-13-42)15-21(44)29(32,33)34)25(26(39-40)17-2-4-19(30)5-3-17)20-6-7-24-36-23(16-43(24)38-20)37-27(45)18-8-9-35-22(31)14-18/h2-9,14,16,21,44H,10-13,15H2,1H3,(H,37,45)/t21-/m1/s1. The number of piperazine rings is 1. The Hall–Kier alpha value is -4.96. The van der Waals surface area contributed by atoms with Gasteiger partial charge in [-0.25, -0.2) is 18.9 Å². The van der Waals surface area contributed by atoms with Crippen molar-refractivity contribution in [2.75, 3.05) is 42.9 Å². The third-order valence-electron chi connectivity index (χ3n) is 7.42. The zero-order valence-electron chi connectivity index (χ0n) is 23.7. The van der Waals surface area contributed by atoms with Crippen molar-refractivity contribution in [3.05, 3.63) is 78.3 Å². The van der Waals surface area contributed by atoms with E-state index < -0.39 is 36.5 Å². The third-order valence-corrected chi connectivity index (χ3v) is 7.42. The van der Waals surface area contributed by atoms with E-state index in [-0.39, 0.29) is 24.5 Å². The maximum absolute atomic E-state index is 13.8. The van der Waals surface area contributed by atoms with E-state index in [1.165, 1.54) is 35.1 Å². The number of pyridine rings is 1. The molecule has 0 aliphatic carbocycles. The summed E-state index contributed by atoms with van der Waals surface area (Å²) in [7, 11) is 1.73. The van der Waals surface area contributed by atoms with E-state index in [1.807, 2.05) is 4.90 Å². The Morgan fingerprint density at radius 1 is 1.02 bits per heavy atom. The molecule has 1 aromatic carbocycles. The topological polar surface area (TPSA) is 117 Å². The molecule has 11 nitrogen and oxygen atoms in total. The summed E-state index contributed by atoms with van der Waals surface area (Å²) in [5.41, 5.74) is 2.64. The molecule has 45 heavy (non-hydrogen) atoms. The highest BCUT2D eigenvalue weighted by molar-refractivity contribution is 6.03. The third kappa shape index (κ3) is 6.32. The number of anilines is 2. The Balaban J connectivity index is 1.33. The van der Waals surface area contributed by atoms with Crippen molar-refractivity contribution in [1.29, 1.82) is 0 Å². The molecular weight excluding hydrogens is 601 g/mol. The van der Waals surface area contributed by atoms with Crippen LogP contribution in [0.1, 0.15) is 10.4 Å². The number of nitrogens with zero attached hydrogens (tertiary/aromatic N) is 8. The molecule has 1 fully saturated rings. The first-order valence-corrected chi connectivity index (χ1v) is 13.8. The van der Waals surface area contributed by atoms with E-state index in [9.17, 15) is 31.9 Å². The number of aromatic nitrogens is 6. The van der Waals surface area contributed by atoms with Crippen molar-refractivity contribution in [1.82, 2.24) is 34.3 Å². The van der Waals surface area contributed by atoms with Crippen LogP contribution in [0.2, 0.25) is 0 Å². The molecular formula is C29H26F5N9O2. The number of halogens is 5. The average molecular weight is 628 g/mol. The molecule has 1 atom stereocenters. The number of amides is 1. The van der Waals surface area contributed by atoms with Gasteiger partial charge < -0.3 is 15.3 Å². The van der Waals surface area contributed by atoms with Crippen molar-refractivity contribution in [3.63, 3.8) is 0 Å². The second-order valence-electron chi connectivity index (χ2n) is 10.5. The molecule has 2 N–H and O–H groups in total. The van der Waals surface area contributed by atoms with Crippen LogP contribution in [0, 0.1) is 11.8 Å². The van der Waals surface area contributed by atoms with Gasteiger partial charge in [-0.2, -0.15) is 27.8 Å². The van der Waals surface area contributed by atoms with Crippen molar-refractivity contribution in [2.24, 2.45) is 7.05 Å². The monoisotopic (exact) mass is 627 g/mol. The molecule has 0 spiro atoms. The van der Waals surface area contributed by atoms with E-state index in [2.05, 4.69) is 15.3 Å². The average Bonchev–Trinajstić information content (AvgIpc) is 3.57. The summed E-state index contributed by atoms with van der Waals surface area (Å²) in [6.45, 7) is 0.701. The van der Waals surface area contributed by atoms with Gasteiger partial charge in [0.15, 0.2) is 17.6 Å². The first-order valence-electron chi connectivity index (χ1n) is 13.8. The molecule has 16 heteroatoms. The van der Waals surface area contributed by atoms with Gasteiger partial charge in [-0.3, -0.25) is 14.4 Å². The van der Waals surface area contributed by atoms with Crippen LogP contribution in [0.15, 0.2) is 60.9 Å². The minimum Gasteiger partial charge on any atom is -0.382 e. The number of aliphatic hydroxyl groups excluding tert-OH is 1. The molecule has 1 aliphatic heterocycles. The maximum atomic E-state index is 13.8. The number of nitrogens with one attached hydrogen (secondary N) is 1. The number of aliphatic hydroxyl groups is 1. The number of aryl methyl sites for hydroxylation is 1. The summed E-state index contributed by atoms with van der Waals surface area (Å²) in [6, 6.07) is 11.6. The quantitative estimate of drug-likeness (QED) is 0.207. The first-order chi connectivity index (χ1) is 21.5. The Labute approximate surface area is 252 Å². The van der Waals surface area contributed by atoms with Crippen LogP contribution in [0.25, 0.3) is 28.2 Å². The molecule has 4 aromatic heterocycles. The Morgan fingerprint density at radius 3 is 2.44 bits per heavy atom. The van der Waals surface area contributed by atoms with Gasteiger partial charge in [0.1, 0.15) is 17.3 Å². The lowest BCUT2D eigenvalue weighted by Gasteiger charge is -2.37. The number of alkyl halides is 3. The van der Waals surface area contributed by atoms with Gasteiger partial charge in [-0.15, -0.1) is 0 Å². The Morgan fingerprint density at radius 2 is 1.76 bits per heavy atom. The molecule has 5 heterocycles. The Bertz CT molecular complexity index is 1850. The first kappa shape index (κ1) is 30.1. The van der Waals surface area contributed by atoms with Gasteiger partial charge in [0.25, 0.3) is 5.91 Å². The summed E-state index contributed by atoms with van der Waals surface area (Å²) in [5.74, 6) is -0.992. The molecule has 1 aliphatic rings. The molecule has 6 rings (SSSR count). The van der Waals surface area contributed by atoms with Crippen LogP contribution in [0.5, 0.6) is 0 Å². The summed E-state index contributed by atoms with van der Waals surface area (Å²) in [5, 5.41) is 21.6. The highest BCUT2D eigenvalue weighted by atomic mass is 19.4. The van der Waals surface area contributed by atoms with Crippen molar-refractivity contribution < 1.29 is 31.9 Å². The van der Waals surface area contributed by atoms with Crippen LogP contribution in [0.4, 0.5) is 33.6 Å². The van der Waals surface area contributed by atoms with Gasteiger partial charge in [-0.1, -0.05) is 0 Å². The van der Waals surface area contributed by atoms with E-state index >= 15 is 0 Å². The second kappa shape index (κ2) is 11.9. The van der Waals surface area contributed by atoms with Gasteiger partial charge in [-0.05, 0) is 42.5 Å². The number of hydrogen-bond donors (Lipinski definition) is 2. The number of rotatable bonds is 7. The van der Waals surface area contributed by atoms with E-state index in [0.29, 0.717) is 47.1 Å². The highest BCUT2D eigenvalue weighted by Crippen LogP contribution is 2.39. The SMILES string of the molecule is Cn1nc(-c2ccc(F)cc2)c(-c2ccc3nc(NC(=O)c4ccnc(F)c4)cn3n2)c1N1CCN(C[C@@H](O)C(F)(F)F)CC1. The largest absolute Gasteiger partial charge is 0.415 e. The Kier molecular flexibility index (Phi) is 7.92. The summed E-state index contributed by atoms with van der Waals surface area (Å²) in [6.07, 6.45) is -4.47. The zero-order valence-corrected chi connectivity index (χ0v) is 23.7. The molecule has 1 amide bonds. The van der Waals surface area contributed by atoms with Crippen LogP contribution in [-0.2, 0) is 7.05 Å². The molecule has 1 saturated heterocycles. The normalized spacial score (nSPS) is 15.0. The van der Waals surface area contributed by atoms with Crippen LogP contribution >= 0.6 is 0 Å². The molecule has 0 bridgehead atoms. The minimum atomic E-state index is -4.70. The number of carbonyl (C=O) groups is 1. The number of carbonyl (C=O) groups excluding carboxylic acids is 1. The molecule has 0 unspecified atom stereocenters. The zero-order chi connectivity index (χ0) is 31.9. The van der Waals surface area contributed by atoms with Crippen molar-refractivity contribution in [2.45, 2.75) is 12.3 Å². The number of β-amino-alcohol motifs (C(OH)–C–C–N with tert-alkyl or cyclic N) is 1. The summed E-state index contributed by atoms with van der Waals surface area (Å²) < 4.78 is 69.2. The number of fused-ring (bicyclic) bond motifs is 1. The number of hydrogen-bond acceptors (Lipinski definition) is 8. The van der Waals surface area contributed by atoms with Crippen LogP contribution < -0.4 is 10.2 Å². The molecule has 0 saturated carbocycles. The van der Waals surface area contributed by atoms with Gasteiger partial charge in [0, 0.05) is 63.2 Å². The smallest absolute Gasteiger partial charge is 0.382 e. The lowest BCUT2D eigenvalue weighted by molar-refractivity contribution is -0.208. The van der Waals surface area contributed by atoms with E-state index in [4.69, 9.17) is 10.2 Å².